The summed E-state index contributed by atoms with van der Waals surface area (Å²) in [5.41, 5.74) is 3.81. The molecule has 1 aliphatic rings. The quantitative estimate of drug-likeness (QED) is 0.453. The number of para-hydroxylation sites is 1. The second-order valence-electron chi connectivity index (χ2n) is 9.53. The summed E-state index contributed by atoms with van der Waals surface area (Å²) in [4.78, 5) is 30.1. The highest BCUT2D eigenvalue weighted by molar-refractivity contribution is 6.19. The molecule has 0 bridgehead atoms. The summed E-state index contributed by atoms with van der Waals surface area (Å²) < 4.78 is 7.55. The first-order valence-corrected chi connectivity index (χ1v) is 12.4. The maximum absolute atomic E-state index is 13.7. The summed E-state index contributed by atoms with van der Waals surface area (Å²) in [5, 5.41) is 0. The van der Waals surface area contributed by atoms with Gasteiger partial charge in [0.25, 0.3) is 5.91 Å². The first-order chi connectivity index (χ1) is 16.8. The number of amides is 2. The maximum atomic E-state index is 13.7. The lowest BCUT2D eigenvalue weighted by Crippen LogP contribution is -2.53. The molecule has 184 valence electrons. The van der Waals surface area contributed by atoms with Gasteiger partial charge in [-0.3, -0.25) is 9.59 Å². The van der Waals surface area contributed by atoms with Crippen LogP contribution in [0.1, 0.15) is 29.9 Å². The van der Waals surface area contributed by atoms with Crippen LogP contribution in [0.4, 0.5) is 0 Å². The number of halogens is 1. The molecule has 0 aliphatic carbocycles. The van der Waals surface area contributed by atoms with Crippen LogP contribution in [0.15, 0.2) is 60.7 Å². The molecular weight excluding hydrogens is 462 g/mol. The molecule has 0 atom stereocenters. The van der Waals surface area contributed by atoms with Gasteiger partial charge in [-0.25, -0.2) is 0 Å². The van der Waals surface area contributed by atoms with Gasteiger partial charge in [-0.05, 0) is 51.1 Å². The molecule has 4 rings (SSSR count). The van der Waals surface area contributed by atoms with Gasteiger partial charge in [-0.2, -0.15) is 0 Å². The van der Waals surface area contributed by atoms with Crippen molar-refractivity contribution in [3.8, 4) is 22.7 Å². The van der Waals surface area contributed by atoms with Crippen molar-refractivity contribution in [2.75, 3.05) is 39.2 Å². The highest BCUT2D eigenvalue weighted by atomic mass is 35.5. The van der Waals surface area contributed by atoms with E-state index in [0.29, 0.717) is 31.7 Å². The monoisotopic (exact) mass is 493 g/mol. The van der Waals surface area contributed by atoms with Crippen LogP contribution in [-0.4, -0.2) is 65.4 Å². The van der Waals surface area contributed by atoms with E-state index in [2.05, 4.69) is 4.57 Å². The van der Waals surface area contributed by atoms with Gasteiger partial charge >= 0.3 is 0 Å². The largest absolute Gasteiger partial charge is 0.497 e. The van der Waals surface area contributed by atoms with Gasteiger partial charge in [0.2, 0.25) is 5.91 Å². The van der Waals surface area contributed by atoms with E-state index in [4.69, 9.17) is 16.3 Å². The maximum Gasteiger partial charge on any atom is 0.255 e. The van der Waals surface area contributed by atoms with Gasteiger partial charge in [0.1, 0.15) is 5.75 Å². The fraction of sp³-hybridized carbons (Fsp3) is 0.357. The highest BCUT2D eigenvalue weighted by Crippen LogP contribution is 2.32. The molecule has 1 saturated heterocycles. The molecule has 0 spiro atoms. The third-order valence-electron chi connectivity index (χ3n) is 6.62. The number of aromatic nitrogens is 1. The van der Waals surface area contributed by atoms with Gasteiger partial charge < -0.3 is 19.1 Å². The summed E-state index contributed by atoms with van der Waals surface area (Å²) in [5.74, 6) is 1.04. The predicted octanol–water partition coefficient (Wildman–Crippen LogP) is 5.01. The zero-order valence-electron chi connectivity index (χ0n) is 20.8. The lowest BCUT2D eigenvalue weighted by Gasteiger charge is -2.38. The number of alkyl halides is 1. The second-order valence-corrected chi connectivity index (χ2v) is 9.80. The standard InChI is InChI=1S/C28H32ClN3O3/c1-20-24(26(33)30-13-15-31(16-14-30)27(34)28(2,3)19-29)18-25(21-9-8-12-23(17-21)35-4)32(20)22-10-6-5-7-11-22/h5-12,17-18H,13-16,19H2,1-4H3. The first-order valence-electron chi connectivity index (χ1n) is 11.8. The third kappa shape index (κ3) is 4.94. The Morgan fingerprint density at radius 1 is 0.943 bits per heavy atom. The number of nitrogens with zero attached hydrogens (tertiary/aromatic N) is 3. The SMILES string of the molecule is COc1cccc(-c2cc(C(=O)N3CCN(C(=O)C(C)(C)CCl)CC3)c(C)n2-c2ccccc2)c1. The van der Waals surface area contributed by atoms with Crippen molar-refractivity contribution in [2.24, 2.45) is 5.41 Å². The number of carbonyl (C=O) groups is 2. The number of carbonyl (C=O) groups excluding carboxylic acids is 2. The van der Waals surface area contributed by atoms with E-state index in [9.17, 15) is 9.59 Å². The molecule has 3 aromatic rings. The van der Waals surface area contributed by atoms with Crippen LogP contribution in [0.3, 0.4) is 0 Å². The van der Waals surface area contributed by atoms with E-state index in [1.807, 2.05) is 91.2 Å². The fourth-order valence-corrected chi connectivity index (χ4v) is 4.61. The Morgan fingerprint density at radius 3 is 2.23 bits per heavy atom. The van der Waals surface area contributed by atoms with Crippen LogP contribution < -0.4 is 4.74 Å². The minimum atomic E-state index is -0.608. The average molecular weight is 494 g/mol. The van der Waals surface area contributed by atoms with Crippen molar-refractivity contribution in [1.82, 2.24) is 14.4 Å². The van der Waals surface area contributed by atoms with Crippen molar-refractivity contribution < 1.29 is 14.3 Å². The fourth-order valence-electron chi connectivity index (χ4n) is 4.50. The molecule has 1 aliphatic heterocycles. The molecule has 0 N–H and O–H groups in total. The first kappa shape index (κ1) is 24.9. The van der Waals surface area contributed by atoms with E-state index < -0.39 is 5.41 Å². The van der Waals surface area contributed by atoms with Crippen molar-refractivity contribution in [3.63, 3.8) is 0 Å². The Hall–Kier alpha value is -3.25. The minimum absolute atomic E-state index is 0.0231. The predicted molar refractivity (Wildman–Crippen MR) is 139 cm³/mol. The molecule has 1 aromatic heterocycles. The van der Waals surface area contributed by atoms with Crippen LogP contribution in [0.5, 0.6) is 5.75 Å². The molecule has 1 fully saturated rings. The summed E-state index contributed by atoms with van der Waals surface area (Å²) in [6.45, 7) is 7.69. The van der Waals surface area contributed by atoms with Crippen molar-refractivity contribution in [1.29, 1.82) is 0 Å². The third-order valence-corrected chi connectivity index (χ3v) is 7.29. The van der Waals surface area contributed by atoms with Gasteiger partial charge in [0, 0.05) is 49.0 Å². The topological polar surface area (TPSA) is 54.8 Å². The Bertz CT molecular complexity index is 1210. The van der Waals surface area contributed by atoms with Gasteiger partial charge in [0.15, 0.2) is 0 Å². The van der Waals surface area contributed by atoms with Crippen molar-refractivity contribution >= 4 is 23.4 Å². The Morgan fingerprint density at radius 2 is 1.60 bits per heavy atom. The Kier molecular flexibility index (Phi) is 7.22. The van der Waals surface area contributed by atoms with Gasteiger partial charge in [-0.15, -0.1) is 11.6 Å². The number of piperazine rings is 1. The summed E-state index contributed by atoms with van der Waals surface area (Å²) in [6, 6.07) is 19.9. The second kappa shape index (κ2) is 10.2. The number of hydrogen-bond donors (Lipinski definition) is 0. The smallest absolute Gasteiger partial charge is 0.255 e. The van der Waals surface area contributed by atoms with Crippen LogP contribution in [0.2, 0.25) is 0 Å². The molecule has 6 nitrogen and oxygen atoms in total. The molecule has 2 heterocycles. The minimum Gasteiger partial charge on any atom is -0.497 e. The van der Waals surface area contributed by atoms with Crippen LogP contribution in [0, 0.1) is 12.3 Å². The van der Waals surface area contributed by atoms with Crippen LogP contribution in [0.25, 0.3) is 16.9 Å². The molecule has 7 heteroatoms. The highest BCUT2D eigenvalue weighted by Gasteiger charge is 2.34. The molecular formula is C28H32ClN3O3. The number of ether oxygens (including phenoxy) is 1. The number of rotatable bonds is 6. The number of benzene rings is 2. The lowest BCUT2D eigenvalue weighted by atomic mass is 9.94. The molecule has 0 radical (unpaired) electrons. The van der Waals surface area contributed by atoms with Gasteiger partial charge in [-0.1, -0.05) is 30.3 Å². The molecule has 0 unspecified atom stereocenters. The van der Waals surface area contributed by atoms with E-state index in [1.165, 1.54) is 0 Å². The van der Waals surface area contributed by atoms with E-state index in [0.717, 1.165) is 28.4 Å². The average Bonchev–Trinajstić information content (AvgIpc) is 3.25. The summed E-state index contributed by atoms with van der Waals surface area (Å²) in [6.07, 6.45) is 0. The van der Waals surface area contributed by atoms with Crippen molar-refractivity contribution in [2.45, 2.75) is 20.8 Å². The van der Waals surface area contributed by atoms with E-state index in [1.54, 1.807) is 7.11 Å². The molecule has 35 heavy (non-hydrogen) atoms. The van der Waals surface area contributed by atoms with E-state index in [-0.39, 0.29) is 17.7 Å². The van der Waals surface area contributed by atoms with Gasteiger partial charge in [0.05, 0.1) is 23.8 Å². The normalized spacial score (nSPS) is 14.2. The van der Waals surface area contributed by atoms with Crippen LogP contribution in [-0.2, 0) is 4.79 Å². The van der Waals surface area contributed by atoms with Crippen LogP contribution >= 0.6 is 11.6 Å². The molecule has 0 saturated carbocycles. The lowest BCUT2D eigenvalue weighted by molar-refractivity contribution is -0.140. The number of hydrogen-bond acceptors (Lipinski definition) is 3. The van der Waals surface area contributed by atoms with E-state index >= 15 is 0 Å². The summed E-state index contributed by atoms with van der Waals surface area (Å²) >= 11 is 6.00. The Labute approximate surface area is 212 Å². The zero-order valence-corrected chi connectivity index (χ0v) is 21.5. The molecule has 2 amide bonds. The summed E-state index contributed by atoms with van der Waals surface area (Å²) in [7, 11) is 1.65. The Balaban J connectivity index is 1.65. The number of methoxy groups -OCH3 is 1. The zero-order chi connectivity index (χ0) is 25.2. The van der Waals surface area contributed by atoms with Crippen molar-refractivity contribution in [3.05, 3.63) is 71.9 Å². The molecule has 2 aromatic carbocycles.